The summed E-state index contributed by atoms with van der Waals surface area (Å²) in [6, 6.07) is 16.1. The summed E-state index contributed by atoms with van der Waals surface area (Å²) in [6.07, 6.45) is -0.616. The fourth-order valence-electron chi connectivity index (χ4n) is 3.04. The van der Waals surface area contributed by atoms with E-state index in [-0.39, 0.29) is 18.4 Å². The number of hydrogen-bond donors (Lipinski definition) is 0. The van der Waals surface area contributed by atoms with Crippen molar-refractivity contribution in [1.82, 2.24) is 5.01 Å². The first-order valence-corrected chi connectivity index (χ1v) is 8.77. The number of amides is 1. The van der Waals surface area contributed by atoms with Crippen LogP contribution >= 0.6 is 0 Å². The van der Waals surface area contributed by atoms with Crippen molar-refractivity contribution >= 4 is 22.8 Å². The molecule has 0 radical (unpaired) electrons. The standard InChI is InChI=1S/C21H18N2O5/c1-13-10-20(25)27-18-11-16(8-9-17(13)18)26-12-19-22-23(14(2)24)21(28-19)15-6-4-3-5-7-15/h3-11,21H,12H2,1-2H3. The van der Waals surface area contributed by atoms with Crippen LogP contribution in [0.2, 0.25) is 0 Å². The van der Waals surface area contributed by atoms with Gasteiger partial charge in [-0.15, -0.1) is 5.10 Å². The molecule has 0 saturated carbocycles. The van der Waals surface area contributed by atoms with Crippen molar-refractivity contribution in [2.75, 3.05) is 6.61 Å². The number of nitrogens with zero attached hydrogens (tertiary/aromatic N) is 2. The molecule has 0 fully saturated rings. The Kier molecular flexibility index (Phi) is 4.57. The third-order valence-electron chi connectivity index (χ3n) is 4.38. The van der Waals surface area contributed by atoms with E-state index >= 15 is 0 Å². The summed E-state index contributed by atoms with van der Waals surface area (Å²) < 4.78 is 16.8. The molecule has 0 saturated heterocycles. The SMILES string of the molecule is CC(=O)N1N=C(COc2ccc3c(C)cc(=O)oc3c2)OC1c1ccccc1. The van der Waals surface area contributed by atoms with Crippen LogP contribution in [0.5, 0.6) is 5.75 Å². The van der Waals surface area contributed by atoms with Gasteiger partial charge in [0.15, 0.2) is 6.61 Å². The van der Waals surface area contributed by atoms with Crippen molar-refractivity contribution in [3.8, 4) is 5.75 Å². The molecule has 2 heterocycles. The number of hydrogen-bond acceptors (Lipinski definition) is 6. The van der Waals surface area contributed by atoms with E-state index in [4.69, 9.17) is 13.9 Å². The fourth-order valence-corrected chi connectivity index (χ4v) is 3.04. The van der Waals surface area contributed by atoms with Crippen molar-refractivity contribution in [1.29, 1.82) is 0 Å². The van der Waals surface area contributed by atoms with Gasteiger partial charge < -0.3 is 13.9 Å². The molecule has 7 nitrogen and oxygen atoms in total. The zero-order valence-electron chi connectivity index (χ0n) is 15.4. The molecule has 7 heteroatoms. The van der Waals surface area contributed by atoms with Gasteiger partial charge in [0.1, 0.15) is 11.3 Å². The summed E-state index contributed by atoms with van der Waals surface area (Å²) in [5.41, 5.74) is 1.70. The molecule has 0 N–H and O–H groups in total. The third-order valence-corrected chi connectivity index (χ3v) is 4.38. The van der Waals surface area contributed by atoms with Gasteiger partial charge in [-0.05, 0) is 24.6 Å². The van der Waals surface area contributed by atoms with Crippen LogP contribution in [0, 0.1) is 6.92 Å². The maximum Gasteiger partial charge on any atom is 0.336 e. The molecule has 3 aromatic rings. The van der Waals surface area contributed by atoms with Crippen LogP contribution in [-0.4, -0.2) is 23.4 Å². The van der Waals surface area contributed by atoms with Crippen molar-refractivity contribution < 1.29 is 18.7 Å². The van der Waals surface area contributed by atoms with Crippen LogP contribution in [0.4, 0.5) is 0 Å². The van der Waals surface area contributed by atoms with Crippen LogP contribution in [0.1, 0.15) is 24.3 Å². The van der Waals surface area contributed by atoms with Crippen LogP contribution in [0.3, 0.4) is 0 Å². The second kappa shape index (κ2) is 7.19. The Bertz CT molecular complexity index is 1120. The van der Waals surface area contributed by atoms with E-state index in [1.165, 1.54) is 18.0 Å². The number of rotatable bonds is 4. The molecule has 1 aliphatic heterocycles. The average Bonchev–Trinajstić information content (AvgIpc) is 3.11. The minimum atomic E-state index is -0.616. The third kappa shape index (κ3) is 3.46. The summed E-state index contributed by atoms with van der Waals surface area (Å²) in [7, 11) is 0. The number of benzene rings is 2. The van der Waals surface area contributed by atoms with Gasteiger partial charge in [0.05, 0.1) is 0 Å². The molecule has 1 aliphatic rings. The Balaban J connectivity index is 1.52. The molecular weight excluding hydrogens is 360 g/mol. The van der Waals surface area contributed by atoms with Gasteiger partial charge >= 0.3 is 5.63 Å². The van der Waals surface area contributed by atoms with E-state index in [0.29, 0.717) is 11.3 Å². The number of carbonyl (C=O) groups is 1. The summed E-state index contributed by atoms with van der Waals surface area (Å²) in [5.74, 6) is 0.562. The zero-order chi connectivity index (χ0) is 19.7. The lowest BCUT2D eigenvalue weighted by Gasteiger charge is -2.19. The topological polar surface area (TPSA) is 81.3 Å². The van der Waals surface area contributed by atoms with Gasteiger partial charge in [-0.2, -0.15) is 5.01 Å². The van der Waals surface area contributed by atoms with Crippen molar-refractivity contribution in [3.05, 3.63) is 76.1 Å². The van der Waals surface area contributed by atoms with E-state index in [9.17, 15) is 9.59 Å². The van der Waals surface area contributed by atoms with E-state index in [1.807, 2.05) is 43.3 Å². The molecule has 2 aromatic carbocycles. The Morgan fingerprint density at radius 2 is 1.96 bits per heavy atom. The normalized spacial score (nSPS) is 16.0. The maximum absolute atomic E-state index is 11.9. The lowest BCUT2D eigenvalue weighted by molar-refractivity contribution is -0.135. The Morgan fingerprint density at radius 3 is 2.71 bits per heavy atom. The zero-order valence-corrected chi connectivity index (χ0v) is 15.4. The van der Waals surface area contributed by atoms with E-state index in [0.717, 1.165) is 16.5 Å². The van der Waals surface area contributed by atoms with Crippen LogP contribution < -0.4 is 10.4 Å². The highest BCUT2D eigenvalue weighted by atomic mass is 16.6. The van der Waals surface area contributed by atoms with Gasteiger partial charge in [-0.25, -0.2) is 4.79 Å². The van der Waals surface area contributed by atoms with Crippen LogP contribution in [0.15, 0.2) is 68.9 Å². The fraction of sp³-hybridized carbons (Fsp3) is 0.190. The molecule has 0 bridgehead atoms. The first-order chi connectivity index (χ1) is 13.5. The second-order valence-corrected chi connectivity index (χ2v) is 6.43. The molecule has 1 amide bonds. The van der Waals surface area contributed by atoms with E-state index < -0.39 is 11.9 Å². The second-order valence-electron chi connectivity index (χ2n) is 6.43. The maximum atomic E-state index is 11.9. The summed E-state index contributed by atoms with van der Waals surface area (Å²) >= 11 is 0. The smallest absolute Gasteiger partial charge is 0.336 e. The quantitative estimate of drug-likeness (QED) is 0.650. The van der Waals surface area contributed by atoms with Crippen LogP contribution in [-0.2, 0) is 9.53 Å². The van der Waals surface area contributed by atoms with Gasteiger partial charge in [0.25, 0.3) is 0 Å². The Hall–Kier alpha value is -3.61. The first-order valence-electron chi connectivity index (χ1n) is 8.77. The largest absolute Gasteiger partial charge is 0.484 e. The predicted octanol–water partition coefficient (Wildman–Crippen LogP) is 3.37. The molecule has 0 spiro atoms. The molecular formula is C21H18N2O5. The molecule has 142 valence electrons. The average molecular weight is 378 g/mol. The molecule has 0 aliphatic carbocycles. The van der Waals surface area contributed by atoms with Crippen molar-refractivity contribution in [2.24, 2.45) is 5.10 Å². The lowest BCUT2D eigenvalue weighted by Crippen LogP contribution is -2.25. The van der Waals surface area contributed by atoms with E-state index in [2.05, 4.69) is 5.10 Å². The Morgan fingerprint density at radius 1 is 1.18 bits per heavy atom. The van der Waals surface area contributed by atoms with Gasteiger partial charge in [-0.1, -0.05) is 30.3 Å². The van der Waals surface area contributed by atoms with Crippen molar-refractivity contribution in [2.45, 2.75) is 20.1 Å². The minimum Gasteiger partial charge on any atom is -0.484 e. The number of hydrazone groups is 1. The molecule has 1 unspecified atom stereocenters. The lowest BCUT2D eigenvalue weighted by atomic mass is 10.1. The summed E-state index contributed by atoms with van der Waals surface area (Å²) in [5, 5.41) is 6.36. The highest BCUT2D eigenvalue weighted by molar-refractivity contribution is 5.84. The number of fused-ring (bicyclic) bond motifs is 1. The van der Waals surface area contributed by atoms with Crippen LogP contribution in [0.25, 0.3) is 11.0 Å². The number of carbonyl (C=O) groups excluding carboxylic acids is 1. The van der Waals surface area contributed by atoms with Gasteiger partial charge in [0.2, 0.25) is 18.0 Å². The molecule has 28 heavy (non-hydrogen) atoms. The number of ether oxygens (including phenoxy) is 2. The molecule has 1 aromatic heterocycles. The first kappa shape index (κ1) is 17.8. The highest BCUT2D eigenvalue weighted by Crippen LogP contribution is 2.28. The summed E-state index contributed by atoms with van der Waals surface area (Å²) in [6.45, 7) is 3.32. The van der Waals surface area contributed by atoms with Gasteiger partial charge in [0, 0.05) is 30.0 Å². The predicted molar refractivity (Wildman–Crippen MR) is 103 cm³/mol. The molecule has 1 atom stereocenters. The minimum absolute atomic E-state index is 0.0364. The van der Waals surface area contributed by atoms with E-state index in [1.54, 1.807) is 12.1 Å². The highest BCUT2D eigenvalue weighted by Gasteiger charge is 2.32. The van der Waals surface area contributed by atoms with Gasteiger partial charge in [-0.3, -0.25) is 4.79 Å². The Labute approximate surface area is 160 Å². The molecule has 4 rings (SSSR count). The summed E-state index contributed by atoms with van der Waals surface area (Å²) in [4.78, 5) is 23.5. The monoisotopic (exact) mass is 378 g/mol. The number of aryl methyl sites for hydroxylation is 1. The van der Waals surface area contributed by atoms with Crippen molar-refractivity contribution in [3.63, 3.8) is 0 Å².